The second-order valence-corrected chi connectivity index (χ2v) is 3.86. The summed E-state index contributed by atoms with van der Waals surface area (Å²) in [6.07, 6.45) is 1.21. The molecule has 0 spiro atoms. The molecular formula is C11H25NO. The molecule has 0 saturated carbocycles. The summed E-state index contributed by atoms with van der Waals surface area (Å²) in [4.78, 5) is 2.47. The Morgan fingerprint density at radius 3 is 2.23 bits per heavy atom. The van der Waals surface area contributed by atoms with Crippen molar-refractivity contribution in [2.24, 2.45) is 5.41 Å². The molecule has 2 nitrogen and oxygen atoms in total. The van der Waals surface area contributed by atoms with Crippen LogP contribution in [-0.4, -0.2) is 38.3 Å². The molecule has 1 saturated heterocycles. The van der Waals surface area contributed by atoms with Crippen LogP contribution in [0.3, 0.4) is 0 Å². The van der Waals surface area contributed by atoms with Crippen molar-refractivity contribution in [3.05, 3.63) is 0 Å². The van der Waals surface area contributed by atoms with Gasteiger partial charge in [-0.3, -0.25) is 0 Å². The van der Waals surface area contributed by atoms with Crippen molar-refractivity contribution < 1.29 is 4.74 Å². The third-order valence-corrected chi connectivity index (χ3v) is 2.57. The predicted octanol–water partition coefficient (Wildman–Crippen LogP) is 2.39. The molecule has 0 bridgehead atoms. The molecule has 1 heterocycles. The van der Waals surface area contributed by atoms with Crippen molar-refractivity contribution in [2.75, 3.05) is 33.4 Å². The van der Waals surface area contributed by atoms with E-state index in [0.29, 0.717) is 5.41 Å². The van der Waals surface area contributed by atoms with Crippen molar-refractivity contribution in [1.82, 2.24) is 4.90 Å². The number of ether oxygens (including phenoxy) is 1. The van der Waals surface area contributed by atoms with Gasteiger partial charge in [-0.1, -0.05) is 27.7 Å². The zero-order chi connectivity index (χ0) is 10.3. The largest absolute Gasteiger partial charge is 0.385 e. The second-order valence-electron chi connectivity index (χ2n) is 3.86. The molecule has 2 heteroatoms. The number of likely N-dealkylation sites (tertiary alicyclic amines) is 1. The van der Waals surface area contributed by atoms with Crippen LogP contribution in [0.1, 0.15) is 34.1 Å². The zero-order valence-corrected chi connectivity index (χ0v) is 9.89. The Kier molecular flexibility index (Phi) is 6.35. The van der Waals surface area contributed by atoms with E-state index in [2.05, 4.69) is 18.7 Å². The number of methoxy groups -OCH3 is 1. The molecule has 0 amide bonds. The number of nitrogens with zero attached hydrogens (tertiary/aromatic N) is 1. The van der Waals surface area contributed by atoms with Gasteiger partial charge < -0.3 is 9.64 Å². The summed E-state index contributed by atoms with van der Waals surface area (Å²) in [5, 5.41) is 0. The molecule has 13 heavy (non-hydrogen) atoms. The highest BCUT2D eigenvalue weighted by molar-refractivity contribution is 4.90. The van der Waals surface area contributed by atoms with Gasteiger partial charge in [0.1, 0.15) is 0 Å². The van der Waals surface area contributed by atoms with E-state index in [4.69, 9.17) is 4.74 Å². The molecular weight excluding hydrogens is 162 g/mol. The summed E-state index contributed by atoms with van der Waals surface area (Å²) >= 11 is 0. The molecule has 1 fully saturated rings. The lowest BCUT2D eigenvalue weighted by Gasteiger charge is -2.48. The van der Waals surface area contributed by atoms with Gasteiger partial charge in [0.15, 0.2) is 0 Å². The van der Waals surface area contributed by atoms with Gasteiger partial charge in [0.05, 0.1) is 0 Å². The maximum absolute atomic E-state index is 5.06. The topological polar surface area (TPSA) is 12.5 Å². The van der Waals surface area contributed by atoms with Gasteiger partial charge in [0.25, 0.3) is 0 Å². The summed E-state index contributed by atoms with van der Waals surface area (Å²) < 4.78 is 5.06. The molecule has 0 unspecified atom stereocenters. The van der Waals surface area contributed by atoms with Crippen LogP contribution in [0.4, 0.5) is 0 Å². The Morgan fingerprint density at radius 1 is 1.31 bits per heavy atom. The fraction of sp³-hybridized carbons (Fsp3) is 1.00. The average molecular weight is 187 g/mol. The minimum atomic E-state index is 0.548. The fourth-order valence-corrected chi connectivity index (χ4v) is 1.76. The van der Waals surface area contributed by atoms with E-state index in [9.17, 15) is 0 Å². The van der Waals surface area contributed by atoms with E-state index in [1.807, 2.05) is 13.8 Å². The molecule has 0 radical (unpaired) electrons. The van der Waals surface area contributed by atoms with Crippen LogP contribution in [0.25, 0.3) is 0 Å². The van der Waals surface area contributed by atoms with Gasteiger partial charge >= 0.3 is 0 Å². The van der Waals surface area contributed by atoms with Crippen LogP contribution in [-0.2, 0) is 4.74 Å². The third kappa shape index (κ3) is 4.10. The zero-order valence-electron chi connectivity index (χ0n) is 9.89. The van der Waals surface area contributed by atoms with E-state index in [0.717, 1.165) is 6.61 Å². The third-order valence-electron chi connectivity index (χ3n) is 2.57. The molecule has 0 aromatic rings. The Balaban J connectivity index is 0.000000671. The van der Waals surface area contributed by atoms with Crippen LogP contribution < -0.4 is 0 Å². The molecule has 1 rings (SSSR count). The second kappa shape index (κ2) is 6.39. The van der Waals surface area contributed by atoms with Crippen LogP contribution in [0.5, 0.6) is 0 Å². The molecule has 1 aliphatic rings. The first-order valence-corrected chi connectivity index (χ1v) is 5.41. The molecule has 0 atom stereocenters. The van der Waals surface area contributed by atoms with Gasteiger partial charge in [0, 0.05) is 26.8 Å². The van der Waals surface area contributed by atoms with Gasteiger partial charge in [0.2, 0.25) is 0 Å². The number of rotatable bonds is 4. The minimum absolute atomic E-state index is 0.548. The van der Waals surface area contributed by atoms with Gasteiger partial charge in [-0.05, 0) is 18.4 Å². The summed E-state index contributed by atoms with van der Waals surface area (Å²) in [5.74, 6) is 0. The SMILES string of the molecule is CC.CCN1CC(C)(CCOC)C1. The predicted molar refractivity (Wildman–Crippen MR) is 58.1 cm³/mol. The van der Waals surface area contributed by atoms with Crippen LogP contribution in [0, 0.1) is 5.41 Å². The van der Waals surface area contributed by atoms with Gasteiger partial charge in [-0.2, -0.15) is 0 Å². The van der Waals surface area contributed by atoms with E-state index in [1.54, 1.807) is 7.11 Å². The van der Waals surface area contributed by atoms with Crippen molar-refractivity contribution in [3.8, 4) is 0 Å². The van der Waals surface area contributed by atoms with Crippen LogP contribution in [0.2, 0.25) is 0 Å². The van der Waals surface area contributed by atoms with Crippen molar-refractivity contribution in [3.63, 3.8) is 0 Å². The lowest BCUT2D eigenvalue weighted by Crippen LogP contribution is -2.54. The monoisotopic (exact) mass is 187 g/mol. The first kappa shape index (κ1) is 12.9. The Morgan fingerprint density at radius 2 is 1.85 bits per heavy atom. The molecule has 0 aromatic heterocycles. The summed E-state index contributed by atoms with van der Waals surface area (Å²) in [5.41, 5.74) is 0.548. The number of hydrogen-bond acceptors (Lipinski definition) is 2. The molecule has 0 aliphatic carbocycles. The van der Waals surface area contributed by atoms with Gasteiger partial charge in [-0.15, -0.1) is 0 Å². The van der Waals surface area contributed by atoms with Crippen LogP contribution >= 0.6 is 0 Å². The molecule has 1 aliphatic heterocycles. The maximum atomic E-state index is 5.06. The van der Waals surface area contributed by atoms with Crippen molar-refractivity contribution >= 4 is 0 Å². The quantitative estimate of drug-likeness (QED) is 0.670. The minimum Gasteiger partial charge on any atom is -0.385 e. The lowest BCUT2D eigenvalue weighted by atomic mass is 9.79. The highest BCUT2D eigenvalue weighted by Gasteiger charge is 2.36. The number of hydrogen-bond donors (Lipinski definition) is 0. The highest BCUT2D eigenvalue weighted by atomic mass is 16.5. The normalized spacial score (nSPS) is 20.1. The standard InChI is InChI=1S/C9H19NO.C2H6/c1-4-10-7-9(2,8-10)5-6-11-3;1-2/h4-8H2,1-3H3;1-2H3. The molecule has 0 aromatic carbocycles. The summed E-state index contributed by atoms with van der Waals surface area (Å²) in [7, 11) is 1.78. The Bertz CT molecular complexity index is 114. The first-order valence-electron chi connectivity index (χ1n) is 5.41. The van der Waals surface area contributed by atoms with Gasteiger partial charge in [-0.25, -0.2) is 0 Å². The van der Waals surface area contributed by atoms with E-state index < -0.39 is 0 Å². The molecule has 80 valence electrons. The van der Waals surface area contributed by atoms with Crippen LogP contribution in [0.15, 0.2) is 0 Å². The van der Waals surface area contributed by atoms with Crippen molar-refractivity contribution in [1.29, 1.82) is 0 Å². The van der Waals surface area contributed by atoms with E-state index in [-0.39, 0.29) is 0 Å². The highest BCUT2D eigenvalue weighted by Crippen LogP contribution is 2.32. The van der Waals surface area contributed by atoms with E-state index >= 15 is 0 Å². The lowest BCUT2D eigenvalue weighted by molar-refractivity contribution is -0.00423. The first-order chi connectivity index (χ1) is 6.20. The maximum Gasteiger partial charge on any atom is 0.0468 e. The smallest absolute Gasteiger partial charge is 0.0468 e. The van der Waals surface area contributed by atoms with E-state index in [1.165, 1.54) is 26.1 Å². The Labute approximate surface area is 83.3 Å². The summed E-state index contributed by atoms with van der Waals surface area (Å²) in [6, 6.07) is 0. The Hall–Kier alpha value is -0.0800. The fourth-order valence-electron chi connectivity index (χ4n) is 1.76. The average Bonchev–Trinajstić information content (AvgIpc) is 2.13. The van der Waals surface area contributed by atoms with Crippen molar-refractivity contribution in [2.45, 2.75) is 34.1 Å². The molecule has 0 N–H and O–H groups in total. The summed E-state index contributed by atoms with van der Waals surface area (Å²) in [6.45, 7) is 13.2.